The van der Waals surface area contributed by atoms with E-state index in [4.69, 9.17) is 27.1 Å². The van der Waals surface area contributed by atoms with Crippen LogP contribution in [-0.2, 0) is 13.6 Å². The predicted molar refractivity (Wildman–Crippen MR) is 273 cm³/mol. The summed E-state index contributed by atoms with van der Waals surface area (Å²) in [4.78, 5) is 0. The highest BCUT2D eigenvalue weighted by molar-refractivity contribution is 7.42. The van der Waals surface area contributed by atoms with Gasteiger partial charge in [0.25, 0.3) is 0 Å². The lowest BCUT2D eigenvalue weighted by Gasteiger charge is -2.45. The van der Waals surface area contributed by atoms with Crippen LogP contribution in [0.2, 0.25) is 0 Å². The average molecular weight is 917 g/mol. The van der Waals surface area contributed by atoms with E-state index in [0.717, 1.165) is 88.5 Å². The second-order valence-corrected chi connectivity index (χ2v) is 21.4. The molecule has 0 heterocycles. The third-order valence-electron chi connectivity index (χ3n) is 14.7. The van der Waals surface area contributed by atoms with E-state index in [1.54, 1.807) is 0 Å². The van der Waals surface area contributed by atoms with Gasteiger partial charge in [-0.05, 0) is 147 Å². The maximum atomic E-state index is 7.40. The average Bonchev–Trinajstić information content (AvgIpc) is 3.34. The van der Waals surface area contributed by atoms with Crippen molar-refractivity contribution in [1.29, 1.82) is 0 Å². The molecular formula is C58H62O6P2. The predicted octanol–water partition coefficient (Wildman–Crippen LogP) is 16.9. The molecule has 0 amide bonds. The lowest BCUT2D eigenvalue weighted by molar-refractivity contribution is -0.0375. The molecule has 340 valence electrons. The van der Waals surface area contributed by atoms with Crippen molar-refractivity contribution in [3.8, 4) is 17.2 Å². The van der Waals surface area contributed by atoms with Crippen LogP contribution < -0.4 is 13.6 Å². The molecule has 2 fully saturated rings. The Bertz CT molecular complexity index is 2760. The molecule has 2 saturated carbocycles. The van der Waals surface area contributed by atoms with E-state index in [1.165, 1.54) is 27.6 Å². The van der Waals surface area contributed by atoms with E-state index in [0.29, 0.717) is 11.8 Å². The molecule has 0 aliphatic heterocycles. The quantitative estimate of drug-likeness (QED) is 0.108. The molecule has 0 aromatic heterocycles. The topological polar surface area (TPSA) is 55.4 Å². The molecule has 4 aliphatic rings. The largest absolute Gasteiger partial charge is 0.463 e. The summed E-state index contributed by atoms with van der Waals surface area (Å²) in [6, 6.07) is 38.0. The molecule has 0 N–H and O–H groups in total. The van der Waals surface area contributed by atoms with Crippen LogP contribution in [0.1, 0.15) is 76.0 Å². The van der Waals surface area contributed by atoms with E-state index in [-0.39, 0.29) is 35.9 Å². The highest BCUT2D eigenvalue weighted by Gasteiger charge is 2.45. The molecule has 0 saturated heterocycles. The molecule has 6 aromatic carbocycles. The molecule has 9 unspecified atom stereocenters. The first-order chi connectivity index (χ1) is 32.2. The summed E-state index contributed by atoms with van der Waals surface area (Å²) in [6.07, 6.45) is 19.0. The number of benzene rings is 6. The summed E-state index contributed by atoms with van der Waals surface area (Å²) in [6.45, 7) is 13.4. The van der Waals surface area contributed by atoms with Gasteiger partial charge < -0.3 is 18.1 Å². The van der Waals surface area contributed by atoms with Gasteiger partial charge in [0.2, 0.25) is 0 Å². The number of hydrogen-bond acceptors (Lipinski definition) is 6. The van der Waals surface area contributed by atoms with Crippen molar-refractivity contribution in [1.82, 2.24) is 0 Å². The molecular weight excluding hydrogens is 855 g/mol. The third kappa shape index (κ3) is 9.45. The summed E-state index contributed by atoms with van der Waals surface area (Å²) in [5.41, 5.74) is 4.93. The summed E-state index contributed by atoms with van der Waals surface area (Å²) >= 11 is 0. The Morgan fingerprint density at radius 3 is 1.26 bits per heavy atom. The van der Waals surface area contributed by atoms with Crippen LogP contribution in [-0.4, -0.2) is 12.2 Å². The fraction of sp³-hybridized carbons (Fsp3) is 0.345. The van der Waals surface area contributed by atoms with E-state index in [1.807, 2.05) is 0 Å². The van der Waals surface area contributed by atoms with Gasteiger partial charge >= 0.3 is 17.2 Å². The maximum absolute atomic E-state index is 7.40. The summed E-state index contributed by atoms with van der Waals surface area (Å²) in [5.74, 6) is 5.02. The number of rotatable bonds is 13. The maximum Gasteiger partial charge on any atom is 0.463 e. The number of allylic oxidation sites excluding steroid dienone is 7. The third-order valence-corrected chi connectivity index (χ3v) is 17.0. The Kier molecular flexibility index (Phi) is 13.4. The van der Waals surface area contributed by atoms with Gasteiger partial charge in [-0.3, -0.25) is 9.05 Å². The zero-order chi connectivity index (χ0) is 45.3. The zero-order valence-corrected chi connectivity index (χ0v) is 40.9. The molecule has 0 spiro atoms. The van der Waals surface area contributed by atoms with Gasteiger partial charge in [0, 0.05) is 28.0 Å². The number of fused-ring (bicyclic) bond motifs is 4. The summed E-state index contributed by atoms with van der Waals surface area (Å²) < 4.78 is 42.9. The van der Waals surface area contributed by atoms with Crippen molar-refractivity contribution < 1.29 is 27.1 Å². The van der Waals surface area contributed by atoms with Crippen molar-refractivity contribution in [2.45, 2.75) is 92.3 Å². The highest BCUT2D eigenvalue weighted by atomic mass is 31.2. The zero-order valence-electron chi connectivity index (χ0n) is 39.1. The highest BCUT2D eigenvalue weighted by Crippen LogP contribution is 2.56. The van der Waals surface area contributed by atoms with Crippen LogP contribution in [0.25, 0.3) is 32.3 Å². The van der Waals surface area contributed by atoms with Crippen molar-refractivity contribution >= 4 is 49.5 Å². The van der Waals surface area contributed by atoms with Crippen molar-refractivity contribution in [3.05, 3.63) is 174 Å². The second kappa shape index (κ2) is 19.7. The first-order valence-electron chi connectivity index (χ1n) is 24.0. The summed E-state index contributed by atoms with van der Waals surface area (Å²) in [7, 11) is -3.76. The lowest BCUT2D eigenvalue weighted by atomic mass is 9.66. The van der Waals surface area contributed by atoms with E-state index < -0.39 is 17.2 Å². The minimum absolute atomic E-state index is 0.0849. The van der Waals surface area contributed by atoms with Crippen LogP contribution in [0.15, 0.2) is 157 Å². The van der Waals surface area contributed by atoms with Crippen molar-refractivity contribution in [3.63, 3.8) is 0 Å². The first kappa shape index (κ1) is 44.9. The number of aryl methyl sites for hydroxylation is 3. The second-order valence-electron chi connectivity index (χ2n) is 19.3. The Labute approximate surface area is 393 Å². The van der Waals surface area contributed by atoms with E-state index >= 15 is 0 Å². The number of hydrogen-bond donors (Lipinski definition) is 0. The first-order valence-corrected chi connectivity index (χ1v) is 26.2. The van der Waals surface area contributed by atoms with Gasteiger partial charge in [0.05, 0.1) is 12.2 Å². The minimum Gasteiger partial charge on any atom is -0.422 e. The molecule has 0 bridgehead atoms. The molecule has 66 heavy (non-hydrogen) atoms. The fourth-order valence-corrected chi connectivity index (χ4v) is 13.5. The van der Waals surface area contributed by atoms with Crippen LogP contribution in [0.5, 0.6) is 17.2 Å². The molecule has 0 radical (unpaired) electrons. The van der Waals surface area contributed by atoms with Gasteiger partial charge in [-0.25, -0.2) is 0 Å². The standard InChI is InChI=1S/C58H62O6P2/c1-37-23-29-57(63-65(59-53-31-25-39(3)43-15-7-11-19-47(43)53)60-54-32-26-40(4)44-16-8-12-20-48(44)54)51(35-37)52-36-38(2)24-30-58(52)64-66(61-55-33-27-41(5)45-17-9-13-21-49(45)55)62-56-34-28-42(6)46-18-10-14-22-50(46)56/h7-22,25-28,31-34,37-38,43,47,51-52,57-58H,23-24,29-30,35-36H2,1-6H3. The Morgan fingerprint density at radius 1 is 0.424 bits per heavy atom. The fourth-order valence-electron chi connectivity index (χ4n) is 11.0. The van der Waals surface area contributed by atoms with Gasteiger partial charge in [-0.1, -0.05) is 141 Å². The smallest absolute Gasteiger partial charge is 0.422 e. The molecule has 8 heteroatoms. The van der Waals surface area contributed by atoms with Gasteiger partial charge in [0.1, 0.15) is 23.0 Å². The van der Waals surface area contributed by atoms with Crippen LogP contribution in [0.4, 0.5) is 0 Å². The Balaban J connectivity index is 0.986. The van der Waals surface area contributed by atoms with Gasteiger partial charge in [-0.15, -0.1) is 0 Å². The molecule has 9 atom stereocenters. The lowest BCUT2D eigenvalue weighted by Crippen LogP contribution is -2.43. The van der Waals surface area contributed by atoms with Crippen LogP contribution >= 0.6 is 17.2 Å². The van der Waals surface area contributed by atoms with Gasteiger partial charge in [-0.2, -0.15) is 0 Å². The molecule has 4 aliphatic carbocycles. The van der Waals surface area contributed by atoms with E-state index in [9.17, 15) is 0 Å². The van der Waals surface area contributed by atoms with Crippen molar-refractivity contribution in [2.75, 3.05) is 0 Å². The SMILES string of the molecule is CC1=CC=C(OP(Oc2ccc(C)c3ccccc23)OC2CCC(C)CC2C2CC(C)CCC2OP(Oc2ccc(C)c3ccccc23)Oc2ccc(C)c3ccccc23)C2C=CC=CC12. The van der Waals surface area contributed by atoms with Crippen LogP contribution in [0, 0.1) is 56.3 Å². The molecule has 6 nitrogen and oxygen atoms in total. The van der Waals surface area contributed by atoms with E-state index in [2.05, 4.69) is 187 Å². The Hall–Kier alpha value is -4.96. The normalized spacial score (nSPS) is 25.6. The Morgan fingerprint density at radius 2 is 0.818 bits per heavy atom. The van der Waals surface area contributed by atoms with Crippen LogP contribution in [0.3, 0.4) is 0 Å². The summed E-state index contributed by atoms with van der Waals surface area (Å²) in [5, 5.41) is 6.64. The van der Waals surface area contributed by atoms with Gasteiger partial charge in [0.15, 0.2) is 0 Å². The molecule has 10 rings (SSSR count). The van der Waals surface area contributed by atoms with Crippen molar-refractivity contribution in [2.24, 2.45) is 35.5 Å². The minimum atomic E-state index is -1.89. The monoisotopic (exact) mass is 916 g/mol. The molecule has 6 aromatic rings.